The lowest BCUT2D eigenvalue weighted by atomic mass is 9.90. The zero-order chi connectivity index (χ0) is 35.0. The van der Waals surface area contributed by atoms with E-state index in [1.54, 1.807) is 6.92 Å². The standard InChI is InChI=1S/C41H48O9/c1-2-46-41(44)37(43)34(42)23-24-35-38(47-26-31-17-9-4-10-18-31)40(49-28-33-21-13-6-14-22-33)39(48-27-32-19-11-5-12-20-32)36(50-35)29-45-25-30-15-7-3-8-16-30/h3-22,34-40,42-43H,2,23-29H2,1H3/t34-,35+,36-,37+,38+,39+,40-/m1/s1. The first-order chi connectivity index (χ1) is 24.5. The Bertz CT molecular complexity index is 1510. The molecule has 50 heavy (non-hydrogen) atoms. The number of ether oxygens (including phenoxy) is 6. The van der Waals surface area contributed by atoms with E-state index >= 15 is 0 Å². The molecule has 0 radical (unpaired) electrons. The summed E-state index contributed by atoms with van der Waals surface area (Å²) in [6.07, 6.45) is -5.77. The van der Waals surface area contributed by atoms with E-state index in [0.717, 1.165) is 22.3 Å². The topological polar surface area (TPSA) is 113 Å². The third-order valence-corrected chi connectivity index (χ3v) is 8.62. The molecule has 1 aliphatic heterocycles. The molecule has 0 unspecified atom stereocenters. The van der Waals surface area contributed by atoms with Gasteiger partial charge in [0.1, 0.15) is 24.4 Å². The van der Waals surface area contributed by atoms with Gasteiger partial charge < -0.3 is 38.6 Å². The SMILES string of the molecule is CCOC(=O)[C@@H](O)[C@H](O)CC[C@@H]1O[C@H](COCc2ccccc2)[C@H](OCc2ccccc2)[C@H](OCc2ccccc2)[C@H]1OCc1ccccc1. The zero-order valence-electron chi connectivity index (χ0n) is 28.5. The first-order valence-corrected chi connectivity index (χ1v) is 17.3. The van der Waals surface area contributed by atoms with Gasteiger partial charge in [0, 0.05) is 0 Å². The Morgan fingerprint density at radius 2 is 1.04 bits per heavy atom. The van der Waals surface area contributed by atoms with Crippen molar-refractivity contribution < 1.29 is 43.4 Å². The number of hydrogen-bond acceptors (Lipinski definition) is 9. The van der Waals surface area contributed by atoms with Crippen molar-refractivity contribution in [2.75, 3.05) is 13.2 Å². The highest BCUT2D eigenvalue weighted by atomic mass is 16.6. The van der Waals surface area contributed by atoms with Gasteiger partial charge >= 0.3 is 5.97 Å². The average Bonchev–Trinajstić information content (AvgIpc) is 3.16. The van der Waals surface area contributed by atoms with Crippen molar-refractivity contribution in [3.05, 3.63) is 144 Å². The Hall–Kier alpha value is -3.93. The first kappa shape index (κ1) is 37.3. The largest absolute Gasteiger partial charge is 0.464 e. The summed E-state index contributed by atoms with van der Waals surface area (Å²) in [4.78, 5) is 12.2. The molecule has 7 atom stereocenters. The first-order valence-electron chi connectivity index (χ1n) is 17.3. The molecular formula is C41H48O9. The number of carbonyl (C=O) groups excluding carboxylic acids is 1. The van der Waals surface area contributed by atoms with Gasteiger partial charge in [0.15, 0.2) is 6.10 Å². The molecule has 9 heteroatoms. The van der Waals surface area contributed by atoms with E-state index in [9.17, 15) is 15.0 Å². The van der Waals surface area contributed by atoms with Crippen molar-refractivity contribution in [2.24, 2.45) is 0 Å². The highest BCUT2D eigenvalue weighted by Crippen LogP contribution is 2.33. The molecule has 4 aromatic carbocycles. The van der Waals surface area contributed by atoms with Crippen molar-refractivity contribution in [2.45, 2.75) is 88.9 Å². The Morgan fingerprint density at radius 1 is 0.620 bits per heavy atom. The fourth-order valence-electron chi connectivity index (χ4n) is 5.99. The highest BCUT2D eigenvalue weighted by molar-refractivity contribution is 5.75. The number of aliphatic hydroxyl groups excluding tert-OH is 2. The summed E-state index contributed by atoms with van der Waals surface area (Å²) < 4.78 is 38.0. The van der Waals surface area contributed by atoms with Crippen molar-refractivity contribution in [3.8, 4) is 0 Å². The molecular weight excluding hydrogens is 636 g/mol. The smallest absolute Gasteiger partial charge is 0.337 e. The van der Waals surface area contributed by atoms with Crippen molar-refractivity contribution in [1.29, 1.82) is 0 Å². The number of rotatable bonds is 19. The molecule has 4 aromatic rings. The van der Waals surface area contributed by atoms with Crippen LogP contribution in [-0.4, -0.2) is 72.1 Å². The fourth-order valence-corrected chi connectivity index (χ4v) is 5.99. The van der Waals surface area contributed by atoms with E-state index < -0.39 is 48.7 Å². The molecule has 0 amide bonds. The maximum Gasteiger partial charge on any atom is 0.337 e. The van der Waals surface area contributed by atoms with Gasteiger partial charge in [0.05, 0.1) is 51.8 Å². The second kappa shape index (κ2) is 20.1. The maximum absolute atomic E-state index is 12.2. The molecule has 0 aromatic heterocycles. The molecule has 9 nitrogen and oxygen atoms in total. The van der Waals surface area contributed by atoms with Crippen LogP contribution in [0.5, 0.6) is 0 Å². The van der Waals surface area contributed by atoms with Crippen molar-refractivity contribution in [3.63, 3.8) is 0 Å². The van der Waals surface area contributed by atoms with E-state index in [2.05, 4.69) is 0 Å². The average molecular weight is 685 g/mol. The van der Waals surface area contributed by atoms with E-state index in [4.69, 9.17) is 28.4 Å². The minimum Gasteiger partial charge on any atom is -0.464 e. The van der Waals surface area contributed by atoms with Gasteiger partial charge in [-0.15, -0.1) is 0 Å². The predicted molar refractivity (Wildman–Crippen MR) is 188 cm³/mol. The number of esters is 1. The summed E-state index contributed by atoms with van der Waals surface area (Å²) in [5.41, 5.74) is 3.99. The van der Waals surface area contributed by atoms with E-state index in [1.165, 1.54) is 0 Å². The lowest BCUT2D eigenvalue weighted by molar-refractivity contribution is -0.274. The van der Waals surface area contributed by atoms with Gasteiger partial charge in [0.2, 0.25) is 0 Å². The summed E-state index contributed by atoms with van der Waals surface area (Å²) in [6.45, 7) is 3.23. The Kier molecular flexibility index (Phi) is 15.0. The summed E-state index contributed by atoms with van der Waals surface area (Å²) in [7, 11) is 0. The van der Waals surface area contributed by atoms with Crippen LogP contribution in [0.4, 0.5) is 0 Å². The normalized spacial score (nSPS) is 21.7. The fraction of sp³-hybridized carbons (Fsp3) is 0.390. The minimum atomic E-state index is -1.68. The summed E-state index contributed by atoms with van der Waals surface area (Å²) in [5.74, 6) is -0.868. The molecule has 1 aliphatic rings. The van der Waals surface area contributed by atoms with Gasteiger partial charge in [-0.05, 0) is 42.0 Å². The molecule has 1 fully saturated rings. The van der Waals surface area contributed by atoms with Crippen molar-refractivity contribution >= 4 is 5.97 Å². The molecule has 0 aliphatic carbocycles. The molecule has 2 N–H and O–H groups in total. The molecule has 0 spiro atoms. The van der Waals surface area contributed by atoms with Crippen LogP contribution in [0.3, 0.4) is 0 Å². The van der Waals surface area contributed by atoms with Crippen LogP contribution in [0.25, 0.3) is 0 Å². The van der Waals surface area contributed by atoms with Gasteiger partial charge in [-0.25, -0.2) is 4.79 Å². The van der Waals surface area contributed by atoms with Gasteiger partial charge in [-0.1, -0.05) is 121 Å². The molecule has 0 saturated carbocycles. The van der Waals surface area contributed by atoms with Crippen LogP contribution < -0.4 is 0 Å². The van der Waals surface area contributed by atoms with Crippen LogP contribution in [0.2, 0.25) is 0 Å². The van der Waals surface area contributed by atoms with E-state index in [1.807, 2.05) is 121 Å². The number of benzene rings is 4. The Morgan fingerprint density at radius 3 is 1.50 bits per heavy atom. The summed E-state index contributed by atoms with van der Waals surface area (Å²) >= 11 is 0. The predicted octanol–water partition coefficient (Wildman–Crippen LogP) is 5.79. The van der Waals surface area contributed by atoms with Crippen LogP contribution in [-0.2, 0) is 59.6 Å². The third kappa shape index (κ3) is 11.3. The van der Waals surface area contributed by atoms with E-state index in [0.29, 0.717) is 19.8 Å². The zero-order valence-corrected chi connectivity index (χ0v) is 28.5. The summed E-state index contributed by atoms with van der Waals surface area (Å²) in [5, 5.41) is 21.3. The Balaban J connectivity index is 1.44. The molecule has 0 bridgehead atoms. The third-order valence-electron chi connectivity index (χ3n) is 8.62. The highest BCUT2D eigenvalue weighted by Gasteiger charge is 2.48. The van der Waals surface area contributed by atoms with Crippen LogP contribution in [0.15, 0.2) is 121 Å². The van der Waals surface area contributed by atoms with Crippen LogP contribution in [0.1, 0.15) is 42.0 Å². The minimum absolute atomic E-state index is 0.0500. The molecule has 1 heterocycles. The van der Waals surface area contributed by atoms with Gasteiger partial charge in [-0.3, -0.25) is 0 Å². The lowest BCUT2D eigenvalue weighted by Crippen LogP contribution is -2.61. The molecule has 1 saturated heterocycles. The van der Waals surface area contributed by atoms with E-state index in [-0.39, 0.29) is 32.7 Å². The van der Waals surface area contributed by atoms with Gasteiger partial charge in [-0.2, -0.15) is 0 Å². The van der Waals surface area contributed by atoms with Crippen LogP contribution >= 0.6 is 0 Å². The number of aliphatic hydroxyl groups is 2. The lowest BCUT2D eigenvalue weighted by Gasteiger charge is -2.46. The van der Waals surface area contributed by atoms with Crippen LogP contribution in [0, 0.1) is 0 Å². The van der Waals surface area contributed by atoms with Gasteiger partial charge in [0.25, 0.3) is 0 Å². The molecule has 266 valence electrons. The quantitative estimate of drug-likeness (QED) is 0.119. The number of carbonyl (C=O) groups is 1. The second-order valence-electron chi connectivity index (χ2n) is 12.3. The monoisotopic (exact) mass is 684 g/mol. The maximum atomic E-state index is 12.2. The summed E-state index contributed by atoms with van der Waals surface area (Å²) in [6, 6.07) is 39.6. The number of hydrogen-bond donors (Lipinski definition) is 2. The second-order valence-corrected chi connectivity index (χ2v) is 12.3. The van der Waals surface area contributed by atoms with Crippen molar-refractivity contribution in [1.82, 2.24) is 0 Å². The Labute approximate surface area is 294 Å². The molecule has 5 rings (SSSR count).